The van der Waals surface area contributed by atoms with Gasteiger partial charge in [0.15, 0.2) is 0 Å². The van der Waals surface area contributed by atoms with Crippen molar-refractivity contribution in [2.75, 3.05) is 7.11 Å². The topological polar surface area (TPSA) is 48.1 Å². The minimum Gasteiger partial charge on any atom is -0.377 e. The minimum atomic E-state index is -0.107. The van der Waals surface area contributed by atoms with Crippen LogP contribution in [0.4, 0.5) is 0 Å². The second-order valence-electron chi connectivity index (χ2n) is 5.42. The van der Waals surface area contributed by atoms with Crippen molar-refractivity contribution in [3.63, 3.8) is 0 Å². The minimum absolute atomic E-state index is 0.0528. The van der Waals surface area contributed by atoms with Gasteiger partial charge >= 0.3 is 0 Å². The van der Waals surface area contributed by atoms with Crippen molar-refractivity contribution < 1.29 is 4.74 Å². The van der Waals surface area contributed by atoms with Crippen LogP contribution in [-0.2, 0) is 11.2 Å². The maximum absolute atomic E-state index is 6.40. The molecule has 0 radical (unpaired) electrons. The zero-order chi connectivity index (χ0) is 13.3. The third kappa shape index (κ3) is 2.13. The number of pyridine rings is 1. The average Bonchev–Trinajstić information content (AvgIpc) is 2.38. The van der Waals surface area contributed by atoms with Crippen LogP contribution in [0.15, 0.2) is 36.5 Å². The van der Waals surface area contributed by atoms with Gasteiger partial charge in [0.2, 0.25) is 0 Å². The van der Waals surface area contributed by atoms with Gasteiger partial charge in [-0.1, -0.05) is 18.2 Å². The van der Waals surface area contributed by atoms with Crippen LogP contribution in [0, 0.1) is 0 Å². The number of para-hydroxylation sites is 1. The molecule has 0 amide bonds. The number of nitrogens with two attached hydrogens (primary N) is 1. The lowest BCUT2D eigenvalue weighted by Crippen LogP contribution is -2.55. The number of aromatic nitrogens is 1. The number of fused-ring (bicyclic) bond motifs is 1. The van der Waals surface area contributed by atoms with Gasteiger partial charge in [-0.05, 0) is 43.4 Å². The molecular weight excluding hydrogens is 236 g/mol. The van der Waals surface area contributed by atoms with Gasteiger partial charge in [-0.15, -0.1) is 0 Å². The standard InChI is InChI=1S/C16H20N2O/c1-19-16(8-4-9-16)15(17)11-12-7-10-18-14-6-3-2-5-13(12)14/h2-3,5-7,10,15H,4,8-9,11,17H2,1H3. The second-order valence-corrected chi connectivity index (χ2v) is 5.42. The Labute approximate surface area is 113 Å². The molecule has 3 rings (SSSR count). The van der Waals surface area contributed by atoms with Gasteiger partial charge in [-0.25, -0.2) is 0 Å². The number of methoxy groups -OCH3 is 1. The predicted octanol–water partition coefficient (Wildman–Crippen LogP) is 2.67. The molecule has 0 bridgehead atoms. The van der Waals surface area contributed by atoms with E-state index in [0.717, 1.165) is 24.8 Å². The highest BCUT2D eigenvalue weighted by Crippen LogP contribution is 2.38. The molecule has 0 aliphatic heterocycles. The summed E-state index contributed by atoms with van der Waals surface area (Å²) in [5.74, 6) is 0. The van der Waals surface area contributed by atoms with E-state index in [4.69, 9.17) is 10.5 Å². The van der Waals surface area contributed by atoms with Crippen LogP contribution in [-0.4, -0.2) is 23.7 Å². The number of hydrogen-bond acceptors (Lipinski definition) is 3. The highest BCUT2D eigenvalue weighted by atomic mass is 16.5. The molecule has 1 aliphatic rings. The fourth-order valence-corrected chi connectivity index (χ4v) is 3.01. The number of nitrogens with zero attached hydrogens (tertiary/aromatic N) is 1. The van der Waals surface area contributed by atoms with Crippen LogP contribution in [0.5, 0.6) is 0 Å². The molecule has 1 atom stereocenters. The summed E-state index contributed by atoms with van der Waals surface area (Å²) in [6.07, 6.45) is 6.08. The molecule has 1 heterocycles. The van der Waals surface area contributed by atoms with Crippen LogP contribution in [0.25, 0.3) is 10.9 Å². The van der Waals surface area contributed by atoms with Crippen molar-refractivity contribution in [3.8, 4) is 0 Å². The lowest BCUT2D eigenvalue weighted by Gasteiger charge is -2.45. The fraction of sp³-hybridized carbons (Fsp3) is 0.438. The SMILES string of the molecule is COC1(C(N)Cc2ccnc3ccccc23)CCC1. The Kier molecular flexibility index (Phi) is 3.25. The monoisotopic (exact) mass is 256 g/mol. The first-order chi connectivity index (χ1) is 9.25. The molecule has 2 aromatic rings. The molecule has 100 valence electrons. The van der Waals surface area contributed by atoms with Gasteiger partial charge in [0, 0.05) is 24.7 Å². The first-order valence-electron chi connectivity index (χ1n) is 6.88. The van der Waals surface area contributed by atoms with E-state index in [1.54, 1.807) is 7.11 Å². The lowest BCUT2D eigenvalue weighted by molar-refractivity contribution is -0.0896. The largest absolute Gasteiger partial charge is 0.377 e. The summed E-state index contributed by atoms with van der Waals surface area (Å²) in [5.41, 5.74) is 8.60. The molecule has 3 heteroatoms. The molecule has 3 nitrogen and oxygen atoms in total. The van der Waals surface area contributed by atoms with Gasteiger partial charge in [0.05, 0.1) is 11.1 Å². The fourth-order valence-electron chi connectivity index (χ4n) is 3.01. The third-order valence-corrected chi connectivity index (χ3v) is 4.46. The molecule has 19 heavy (non-hydrogen) atoms. The lowest BCUT2D eigenvalue weighted by atomic mass is 9.73. The summed E-state index contributed by atoms with van der Waals surface area (Å²) >= 11 is 0. The highest BCUT2D eigenvalue weighted by Gasteiger charge is 2.42. The normalized spacial score (nSPS) is 19.1. The van der Waals surface area contributed by atoms with E-state index in [0.29, 0.717) is 0 Å². The predicted molar refractivity (Wildman–Crippen MR) is 77.0 cm³/mol. The summed E-state index contributed by atoms with van der Waals surface area (Å²) < 4.78 is 5.68. The van der Waals surface area contributed by atoms with Crippen molar-refractivity contribution in [2.45, 2.75) is 37.3 Å². The van der Waals surface area contributed by atoms with Crippen molar-refractivity contribution in [1.29, 1.82) is 0 Å². The molecule has 1 aliphatic carbocycles. The first-order valence-corrected chi connectivity index (χ1v) is 6.88. The highest BCUT2D eigenvalue weighted by molar-refractivity contribution is 5.81. The van der Waals surface area contributed by atoms with Crippen LogP contribution in [0.1, 0.15) is 24.8 Å². The Morgan fingerprint density at radius 3 is 2.79 bits per heavy atom. The van der Waals surface area contributed by atoms with E-state index in [-0.39, 0.29) is 11.6 Å². The number of rotatable bonds is 4. The first kappa shape index (κ1) is 12.6. The van der Waals surface area contributed by atoms with Gasteiger partial charge in [0.1, 0.15) is 0 Å². The van der Waals surface area contributed by atoms with Crippen LogP contribution < -0.4 is 5.73 Å². The summed E-state index contributed by atoms with van der Waals surface area (Å²) in [6, 6.07) is 10.3. The van der Waals surface area contributed by atoms with E-state index >= 15 is 0 Å². The van der Waals surface area contributed by atoms with Crippen molar-refractivity contribution in [1.82, 2.24) is 4.98 Å². The summed E-state index contributed by atoms with van der Waals surface area (Å²) in [7, 11) is 1.78. The third-order valence-electron chi connectivity index (χ3n) is 4.46. The van der Waals surface area contributed by atoms with E-state index < -0.39 is 0 Å². The Morgan fingerprint density at radius 2 is 2.11 bits per heavy atom. The van der Waals surface area contributed by atoms with E-state index in [1.807, 2.05) is 18.3 Å². The molecular formula is C16H20N2O. The quantitative estimate of drug-likeness (QED) is 0.915. The number of hydrogen-bond donors (Lipinski definition) is 1. The Bertz CT molecular complexity index is 567. The molecule has 2 N–H and O–H groups in total. The molecule has 1 unspecified atom stereocenters. The van der Waals surface area contributed by atoms with Gasteiger partial charge in [0.25, 0.3) is 0 Å². The summed E-state index contributed by atoms with van der Waals surface area (Å²) in [6.45, 7) is 0. The second kappa shape index (κ2) is 4.91. The molecule has 0 saturated heterocycles. The smallest absolute Gasteiger partial charge is 0.0832 e. The van der Waals surface area contributed by atoms with Crippen LogP contribution in [0.2, 0.25) is 0 Å². The summed E-state index contributed by atoms with van der Waals surface area (Å²) in [4.78, 5) is 4.39. The summed E-state index contributed by atoms with van der Waals surface area (Å²) in [5, 5.41) is 1.20. The zero-order valence-electron chi connectivity index (χ0n) is 11.3. The van der Waals surface area contributed by atoms with Crippen LogP contribution >= 0.6 is 0 Å². The van der Waals surface area contributed by atoms with Crippen molar-refractivity contribution in [2.24, 2.45) is 5.73 Å². The van der Waals surface area contributed by atoms with E-state index in [1.165, 1.54) is 17.4 Å². The Balaban J connectivity index is 1.89. The molecule has 1 saturated carbocycles. The van der Waals surface area contributed by atoms with E-state index in [2.05, 4.69) is 23.2 Å². The molecule has 1 aromatic carbocycles. The Hall–Kier alpha value is -1.45. The molecule has 1 aromatic heterocycles. The van der Waals surface area contributed by atoms with E-state index in [9.17, 15) is 0 Å². The molecule has 1 fully saturated rings. The average molecular weight is 256 g/mol. The van der Waals surface area contributed by atoms with Gasteiger partial charge in [-0.3, -0.25) is 4.98 Å². The number of benzene rings is 1. The van der Waals surface area contributed by atoms with Gasteiger partial charge < -0.3 is 10.5 Å². The van der Waals surface area contributed by atoms with Crippen molar-refractivity contribution in [3.05, 3.63) is 42.1 Å². The maximum Gasteiger partial charge on any atom is 0.0832 e. The van der Waals surface area contributed by atoms with Crippen LogP contribution in [0.3, 0.4) is 0 Å². The Morgan fingerprint density at radius 1 is 1.32 bits per heavy atom. The molecule has 0 spiro atoms. The van der Waals surface area contributed by atoms with Gasteiger partial charge in [-0.2, -0.15) is 0 Å². The zero-order valence-corrected chi connectivity index (χ0v) is 11.3. The number of ether oxygens (including phenoxy) is 1. The van der Waals surface area contributed by atoms with Crippen molar-refractivity contribution >= 4 is 10.9 Å². The maximum atomic E-state index is 6.40.